The van der Waals surface area contributed by atoms with Crippen LogP contribution in [0.4, 0.5) is 10.6 Å². The van der Waals surface area contributed by atoms with E-state index in [-0.39, 0.29) is 5.04 Å². The molecule has 0 saturated carbocycles. The number of anilines is 1. The molecule has 1 N–H and O–H groups in total. The number of nitrogens with zero attached hydrogens (tertiary/aromatic N) is 6. The fourth-order valence-electron chi connectivity index (χ4n) is 8.80. The van der Waals surface area contributed by atoms with Gasteiger partial charge in [-0.05, 0) is 53.3 Å². The van der Waals surface area contributed by atoms with Crippen LogP contribution in [0.3, 0.4) is 0 Å². The molecule has 0 aliphatic carbocycles. The molecule has 1 fully saturated rings. The zero-order valence-corrected chi connectivity index (χ0v) is 35.8. The van der Waals surface area contributed by atoms with E-state index in [4.69, 9.17) is 19.1 Å². The zero-order chi connectivity index (χ0) is 40.1. The van der Waals surface area contributed by atoms with E-state index in [0.717, 1.165) is 43.1 Å². The lowest BCUT2D eigenvalue weighted by Crippen LogP contribution is -2.71. The minimum atomic E-state index is -2.86. The molecule has 3 aromatic carbocycles. The minimum Gasteiger partial charge on any atom is -0.465 e. The van der Waals surface area contributed by atoms with Crippen molar-refractivity contribution in [1.82, 2.24) is 24.7 Å². The van der Waals surface area contributed by atoms with E-state index in [1.165, 1.54) is 15.9 Å². The van der Waals surface area contributed by atoms with Crippen molar-refractivity contribution >= 4 is 30.6 Å². The lowest BCUT2D eigenvalue weighted by Gasteiger charge is -2.57. The third-order valence-corrected chi connectivity index (χ3v) is 16.9. The lowest BCUT2D eigenvalue weighted by molar-refractivity contribution is -0.0200. The molecule has 56 heavy (non-hydrogen) atoms. The van der Waals surface area contributed by atoms with Crippen molar-refractivity contribution in [3.63, 3.8) is 0 Å². The summed E-state index contributed by atoms with van der Waals surface area (Å²) < 4.78 is 13.7. The highest BCUT2D eigenvalue weighted by Crippen LogP contribution is 2.44. The fourth-order valence-corrected chi connectivity index (χ4v) is 13.4. The van der Waals surface area contributed by atoms with Crippen LogP contribution < -0.4 is 20.0 Å². The number of carbonyl (C=O) groups is 1. The molecule has 11 heteroatoms. The number of fused-ring (bicyclic) bond motifs is 1. The molecule has 2 aliphatic rings. The maximum Gasteiger partial charge on any atom is 0.407 e. The number of amides is 1. The van der Waals surface area contributed by atoms with Crippen LogP contribution in [0.5, 0.6) is 6.01 Å². The summed E-state index contributed by atoms with van der Waals surface area (Å²) >= 11 is 0. The summed E-state index contributed by atoms with van der Waals surface area (Å²) in [5.41, 5.74) is 2.15. The molecule has 4 aromatic rings. The number of hydrogen-bond acceptors (Lipinski definition) is 8. The van der Waals surface area contributed by atoms with Gasteiger partial charge in [0.25, 0.3) is 8.32 Å². The number of rotatable bonds is 13. The van der Waals surface area contributed by atoms with Crippen LogP contribution in [0.25, 0.3) is 0 Å². The van der Waals surface area contributed by atoms with Gasteiger partial charge in [-0.25, -0.2) is 4.79 Å². The Morgan fingerprint density at radius 3 is 2.00 bits per heavy atom. The van der Waals surface area contributed by atoms with Crippen molar-refractivity contribution in [1.29, 1.82) is 0 Å². The highest BCUT2D eigenvalue weighted by molar-refractivity contribution is 6.99. The Balaban J connectivity index is 1.36. The first-order valence-corrected chi connectivity index (χ1v) is 22.0. The van der Waals surface area contributed by atoms with Crippen molar-refractivity contribution in [2.45, 2.75) is 78.1 Å². The predicted octanol–water partition coefficient (Wildman–Crippen LogP) is 6.53. The largest absolute Gasteiger partial charge is 0.465 e. The number of aromatic nitrogens is 2. The molecule has 1 amide bonds. The van der Waals surface area contributed by atoms with Crippen LogP contribution in [0.2, 0.25) is 5.04 Å². The second kappa shape index (κ2) is 17.1. The van der Waals surface area contributed by atoms with Crippen molar-refractivity contribution < 1.29 is 19.1 Å². The molecule has 0 spiro atoms. The van der Waals surface area contributed by atoms with Crippen LogP contribution in [0.1, 0.15) is 64.8 Å². The number of carboxylic acid groups (broad SMARTS) is 1. The molecule has 6 rings (SSSR count). The Bertz CT molecular complexity index is 1860. The summed E-state index contributed by atoms with van der Waals surface area (Å²) in [5, 5.41) is 13.1. The van der Waals surface area contributed by atoms with E-state index in [1.807, 2.05) is 14.1 Å². The molecule has 3 heterocycles. The van der Waals surface area contributed by atoms with E-state index < -0.39 is 25.4 Å². The lowest BCUT2D eigenvalue weighted by atomic mass is 9.69. The Labute approximate surface area is 335 Å². The van der Waals surface area contributed by atoms with Crippen molar-refractivity contribution in [2.75, 3.05) is 64.9 Å². The molecule has 1 saturated heterocycles. The van der Waals surface area contributed by atoms with Gasteiger partial charge in [-0.1, -0.05) is 133 Å². The zero-order valence-electron chi connectivity index (χ0n) is 34.8. The maximum absolute atomic E-state index is 13.3. The van der Waals surface area contributed by atoms with E-state index in [9.17, 15) is 9.90 Å². The van der Waals surface area contributed by atoms with E-state index >= 15 is 0 Å². The first-order chi connectivity index (χ1) is 26.6. The van der Waals surface area contributed by atoms with Crippen LogP contribution in [0, 0.1) is 5.41 Å². The topological polar surface area (TPSA) is 94.5 Å². The summed E-state index contributed by atoms with van der Waals surface area (Å²) in [6.45, 7) is 18.7. The molecule has 10 nitrogen and oxygen atoms in total. The van der Waals surface area contributed by atoms with E-state index in [2.05, 4.69) is 147 Å². The van der Waals surface area contributed by atoms with Gasteiger partial charge in [0.1, 0.15) is 12.4 Å². The SMILES string of the molecule is CN(C)CCOc1nc2c(c(N3CCN(C(=O)O)C(CCO[Si](c4ccccc4)(c4ccccc4)C(C)(C)C)(C(C)(C)C)C3)n1)CCN(Cc1ccccc1)C2. The molecular weight excluding hydrogens is 717 g/mol. The first-order valence-electron chi connectivity index (χ1n) is 20.1. The minimum absolute atomic E-state index is 0.201. The van der Waals surface area contributed by atoms with Gasteiger partial charge in [0, 0.05) is 58.0 Å². The predicted molar refractivity (Wildman–Crippen MR) is 228 cm³/mol. The van der Waals surface area contributed by atoms with Gasteiger partial charge in [0.05, 0.1) is 11.2 Å². The number of ether oxygens (including phenoxy) is 1. The Morgan fingerprint density at radius 2 is 1.45 bits per heavy atom. The molecule has 0 radical (unpaired) electrons. The monoisotopic (exact) mass is 778 g/mol. The van der Waals surface area contributed by atoms with Gasteiger partial charge in [-0.2, -0.15) is 9.97 Å². The highest BCUT2D eigenvalue weighted by atomic mass is 28.4. The van der Waals surface area contributed by atoms with Gasteiger partial charge in [-0.3, -0.25) is 9.80 Å². The van der Waals surface area contributed by atoms with Crippen molar-refractivity contribution in [2.24, 2.45) is 5.41 Å². The molecule has 1 unspecified atom stereocenters. The summed E-state index contributed by atoms with van der Waals surface area (Å²) in [4.78, 5) is 32.0. The van der Waals surface area contributed by atoms with Gasteiger partial charge in [0.2, 0.25) is 0 Å². The van der Waals surface area contributed by atoms with Crippen molar-refractivity contribution in [3.05, 3.63) is 108 Å². The molecule has 0 bridgehead atoms. The molecule has 2 aliphatic heterocycles. The Kier molecular flexibility index (Phi) is 12.6. The number of likely N-dealkylation sites (N-methyl/N-ethyl adjacent to an activating group) is 1. The smallest absolute Gasteiger partial charge is 0.407 e. The summed E-state index contributed by atoms with van der Waals surface area (Å²) in [6.07, 6.45) is 0.418. The molecule has 300 valence electrons. The average Bonchev–Trinajstić information content (AvgIpc) is 3.16. The Morgan fingerprint density at radius 1 is 0.839 bits per heavy atom. The number of benzene rings is 3. The van der Waals surface area contributed by atoms with Gasteiger partial charge in [0.15, 0.2) is 0 Å². The summed E-state index contributed by atoms with van der Waals surface area (Å²) in [6, 6.07) is 32.2. The van der Waals surface area contributed by atoms with Gasteiger partial charge < -0.3 is 24.1 Å². The second-order valence-electron chi connectivity index (χ2n) is 17.8. The molecular formula is C45H62N6O4Si. The maximum atomic E-state index is 13.3. The van der Waals surface area contributed by atoms with E-state index in [1.54, 1.807) is 4.90 Å². The van der Waals surface area contributed by atoms with Crippen LogP contribution in [-0.4, -0.2) is 110 Å². The molecule has 1 aromatic heterocycles. The van der Waals surface area contributed by atoms with Gasteiger partial charge in [-0.15, -0.1) is 0 Å². The van der Waals surface area contributed by atoms with Gasteiger partial charge >= 0.3 is 12.1 Å². The Hall–Kier alpha value is -4.29. The standard InChI is InChI=1S/C45H62N6O4Si/c1-43(2,3)45(25-30-55-56(44(4,5)6,36-20-14-10-15-21-36)37-22-16-11-17-23-37)34-50(27-28-51(45)42(52)53)40-38-24-26-49(32-35-18-12-9-13-19-35)33-39(38)46-41(47-40)54-31-29-48(7)8/h9-23H,24-34H2,1-8H3,(H,52,53). The summed E-state index contributed by atoms with van der Waals surface area (Å²) in [5.74, 6) is 0.862. The average molecular weight is 779 g/mol. The first kappa shape index (κ1) is 41.3. The van der Waals surface area contributed by atoms with Crippen LogP contribution in [-0.2, 0) is 23.9 Å². The highest BCUT2D eigenvalue weighted by Gasteiger charge is 2.55. The third-order valence-electron chi connectivity index (χ3n) is 11.9. The molecule has 1 atom stereocenters. The van der Waals surface area contributed by atoms with Crippen molar-refractivity contribution in [3.8, 4) is 6.01 Å². The summed E-state index contributed by atoms with van der Waals surface area (Å²) in [7, 11) is 1.18. The third kappa shape index (κ3) is 8.66. The quantitative estimate of drug-likeness (QED) is 0.152. The fraction of sp³-hybridized carbons (Fsp3) is 0.489. The number of hydrogen-bond donors (Lipinski definition) is 1. The van der Waals surface area contributed by atoms with Crippen LogP contribution in [0.15, 0.2) is 91.0 Å². The van der Waals surface area contributed by atoms with E-state index in [0.29, 0.717) is 51.8 Å². The van der Waals surface area contributed by atoms with Crippen LogP contribution >= 0.6 is 0 Å². The normalized spacial score (nSPS) is 18.2. The number of piperazine rings is 1. The second-order valence-corrected chi connectivity index (χ2v) is 22.1.